The fraction of sp³-hybridized carbons (Fsp3) is 0.500. The Bertz CT molecular complexity index is 393. The van der Waals surface area contributed by atoms with Crippen molar-refractivity contribution in [1.29, 1.82) is 0 Å². The molecular formula is C14H22N2O2. The maximum absolute atomic E-state index is 11.7. The summed E-state index contributed by atoms with van der Waals surface area (Å²) in [5, 5.41) is 3.22. The highest BCUT2D eigenvalue weighted by Gasteiger charge is 2.10. The molecule has 4 heteroatoms. The number of methoxy groups -OCH3 is 1. The van der Waals surface area contributed by atoms with E-state index in [2.05, 4.69) is 5.32 Å². The summed E-state index contributed by atoms with van der Waals surface area (Å²) in [4.78, 5) is 13.4. The molecule has 0 aliphatic carbocycles. The minimum absolute atomic E-state index is 0.104. The zero-order valence-corrected chi connectivity index (χ0v) is 11.6. The van der Waals surface area contributed by atoms with Crippen LogP contribution in [0.4, 0.5) is 0 Å². The van der Waals surface area contributed by atoms with E-state index >= 15 is 0 Å². The molecule has 1 aromatic carbocycles. The third kappa shape index (κ3) is 4.04. The van der Waals surface area contributed by atoms with Crippen LogP contribution in [0.25, 0.3) is 0 Å². The summed E-state index contributed by atoms with van der Waals surface area (Å²) in [7, 11) is 3.46. The summed E-state index contributed by atoms with van der Waals surface area (Å²) in [6, 6.07) is 7.98. The van der Waals surface area contributed by atoms with Crippen LogP contribution in [0.15, 0.2) is 24.3 Å². The van der Waals surface area contributed by atoms with Crippen molar-refractivity contribution < 1.29 is 9.53 Å². The summed E-state index contributed by atoms with van der Waals surface area (Å²) in [6.45, 7) is 5.08. The second-order valence-corrected chi connectivity index (χ2v) is 4.29. The summed E-state index contributed by atoms with van der Waals surface area (Å²) in [6.07, 6.45) is 0. The third-order valence-corrected chi connectivity index (χ3v) is 3.05. The van der Waals surface area contributed by atoms with E-state index in [0.717, 1.165) is 17.9 Å². The molecule has 0 aliphatic rings. The number of hydrogen-bond donors (Lipinski definition) is 1. The number of carbonyl (C=O) groups excluding carboxylic acids is 1. The molecule has 1 aromatic rings. The molecule has 1 unspecified atom stereocenters. The number of ether oxygens (including phenoxy) is 1. The fourth-order valence-electron chi connectivity index (χ4n) is 1.58. The molecule has 0 aromatic heterocycles. The van der Waals surface area contributed by atoms with Crippen molar-refractivity contribution in [2.24, 2.45) is 0 Å². The van der Waals surface area contributed by atoms with E-state index < -0.39 is 0 Å². The number of benzene rings is 1. The normalized spacial score (nSPS) is 12.0. The number of amides is 1. The molecular weight excluding hydrogens is 228 g/mol. The smallest absolute Gasteiger partial charge is 0.236 e. The van der Waals surface area contributed by atoms with Crippen LogP contribution in [0.3, 0.4) is 0 Å². The quantitative estimate of drug-likeness (QED) is 0.837. The maximum Gasteiger partial charge on any atom is 0.236 e. The lowest BCUT2D eigenvalue weighted by atomic mass is 10.1. The maximum atomic E-state index is 11.7. The number of hydrogen-bond acceptors (Lipinski definition) is 3. The average Bonchev–Trinajstić information content (AvgIpc) is 2.43. The van der Waals surface area contributed by atoms with E-state index in [0.29, 0.717) is 6.54 Å². The van der Waals surface area contributed by atoms with Gasteiger partial charge in [0.2, 0.25) is 5.91 Å². The second-order valence-electron chi connectivity index (χ2n) is 4.29. The highest BCUT2D eigenvalue weighted by molar-refractivity contribution is 5.77. The molecule has 0 aliphatic heterocycles. The Hall–Kier alpha value is -1.55. The Kier molecular flexibility index (Phi) is 5.65. The first-order chi connectivity index (χ1) is 8.58. The molecule has 18 heavy (non-hydrogen) atoms. The number of nitrogens with one attached hydrogen (secondary N) is 1. The van der Waals surface area contributed by atoms with Gasteiger partial charge in [-0.15, -0.1) is 0 Å². The lowest BCUT2D eigenvalue weighted by Crippen LogP contribution is -2.36. The van der Waals surface area contributed by atoms with E-state index in [1.165, 1.54) is 0 Å². The van der Waals surface area contributed by atoms with Crippen LogP contribution in [-0.2, 0) is 4.79 Å². The third-order valence-electron chi connectivity index (χ3n) is 3.05. The van der Waals surface area contributed by atoms with Crippen LogP contribution in [0.5, 0.6) is 5.75 Å². The van der Waals surface area contributed by atoms with Gasteiger partial charge < -0.3 is 15.0 Å². The highest BCUT2D eigenvalue weighted by Crippen LogP contribution is 2.18. The van der Waals surface area contributed by atoms with Crippen LogP contribution in [0.1, 0.15) is 25.5 Å². The van der Waals surface area contributed by atoms with Crippen molar-refractivity contribution in [2.75, 3.05) is 27.2 Å². The summed E-state index contributed by atoms with van der Waals surface area (Å²) < 4.78 is 5.18. The second kappa shape index (κ2) is 7.01. The lowest BCUT2D eigenvalue weighted by molar-refractivity contribution is -0.128. The Labute approximate surface area is 109 Å². The molecule has 4 nitrogen and oxygen atoms in total. The molecule has 0 heterocycles. The minimum Gasteiger partial charge on any atom is -0.497 e. The number of carbonyl (C=O) groups is 1. The van der Waals surface area contributed by atoms with Crippen LogP contribution in [0, 0.1) is 0 Å². The van der Waals surface area contributed by atoms with Gasteiger partial charge in [0.05, 0.1) is 13.7 Å². The van der Waals surface area contributed by atoms with Crippen molar-refractivity contribution in [3.05, 3.63) is 29.8 Å². The molecule has 1 rings (SSSR count). The molecule has 0 saturated heterocycles. The minimum atomic E-state index is 0.104. The van der Waals surface area contributed by atoms with Gasteiger partial charge in [-0.25, -0.2) is 0 Å². The van der Waals surface area contributed by atoms with Gasteiger partial charge in [0.15, 0.2) is 0 Å². The van der Waals surface area contributed by atoms with Crippen molar-refractivity contribution in [1.82, 2.24) is 10.2 Å². The summed E-state index contributed by atoms with van der Waals surface area (Å²) in [5.41, 5.74) is 1.11. The monoisotopic (exact) mass is 250 g/mol. The van der Waals surface area contributed by atoms with Crippen LogP contribution < -0.4 is 10.1 Å². The molecule has 0 bridgehead atoms. The van der Waals surface area contributed by atoms with Gasteiger partial charge in [0.1, 0.15) is 5.75 Å². The van der Waals surface area contributed by atoms with Gasteiger partial charge in [-0.2, -0.15) is 0 Å². The van der Waals surface area contributed by atoms with Gasteiger partial charge in [-0.05, 0) is 31.5 Å². The fourth-order valence-corrected chi connectivity index (χ4v) is 1.58. The van der Waals surface area contributed by atoms with E-state index in [4.69, 9.17) is 4.74 Å². The molecule has 0 spiro atoms. The van der Waals surface area contributed by atoms with Gasteiger partial charge in [0, 0.05) is 19.6 Å². The SMILES string of the molecule is CCN(C)C(=O)CNC(C)c1cccc(OC)c1. The molecule has 1 atom stereocenters. The van der Waals surface area contributed by atoms with E-state index in [1.807, 2.05) is 38.1 Å². The lowest BCUT2D eigenvalue weighted by Gasteiger charge is -2.18. The predicted octanol–water partition coefficient (Wildman–Crippen LogP) is 1.82. The first-order valence-corrected chi connectivity index (χ1v) is 6.19. The number of nitrogens with zero attached hydrogens (tertiary/aromatic N) is 1. The first kappa shape index (κ1) is 14.5. The Morgan fingerprint density at radius 2 is 2.22 bits per heavy atom. The van der Waals surface area contributed by atoms with Gasteiger partial charge in [0.25, 0.3) is 0 Å². The van der Waals surface area contributed by atoms with Crippen LogP contribution in [0.2, 0.25) is 0 Å². The summed E-state index contributed by atoms with van der Waals surface area (Å²) >= 11 is 0. The van der Waals surface area contributed by atoms with E-state index in [9.17, 15) is 4.79 Å². The standard InChI is InChI=1S/C14H22N2O2/c1-5-16(3)14(17)10-15-11(2)12-7-6-8-13(9-12)18-4/h6-9,11,15H,5,10H2,1-4H3. The molecule has 0 radical (unpaired) electrons. The Morgan fingerprint density at radius 1 is 1.50 bits per heavy atom. The number of rotatable bonds is 6. The van der Waals surface area contributed by atoms with Crippen molar-refractivity contribution in [3.8, 4) is 5.75 Å². The Balaban J connectivity index is 2.54. The molecule has 0 saturated carbocycles. The molecule has 1 amide bonds. The van der Waals surface area contributed by atoms with E-state index in [-0.39, 0.29) is 11.9 Å². The average molecular weight is 250 g/mol. The summed E-state index contributed by atoms with van der Waals surface area (Å²) in [5.74, 6) is 0.936. The zero-order chi connectivity index (χ0) is 13.5. The van der Waals surface area contributed by atoms with Gasteiger partial charge in [-0.3, -0.25) is 4.79 Å². The highest BCUT2D eigenvalue weighted by atomic mass is 16.5. The topological polar surface area (TPSA) is 41.6 Å². The zero-order valence-electron chi connectivity index (χ0n) is 11.6. The molecule has 100 valence electrons. The van der Waals surface area contributed by atoms with Crippen molar-refractivity contribution in [2.45, 2.75) is 19.9 Å². The first-order valence-electron chi connectivity index (χ1n) is 6.19. The largest absolute Gasteiger partial charge is 0.497 e. The van der Waals surface area contributed by atoms with Crippen LogP contribution in [-0.4, -0.2) is 38.1 Å². The molecule has 0 fully saturated rings. The van der Waals surface area contributed by atoms with Crippen molar-refractivity contribution in [3.63, 3.8) is 0 Å². The predicted molar refractivity (Wildman–Crippen MR) is 72.7 cm³/mol. The van der Waals surface area contributed by atoms with Crippen LogP contribution >= 0.6 is 0 Å². The number of likely N-dealkylation sites (N-methyl/N-ethyl adjacent to an activating group) is 1. The van der Waals surface area contributed by atoms with Gasteiger partial charge >= 0.3 is 0 Å². The Morgan fingerprint density at radius 3 is 2.83 bits per heavy atom. The molecule has 1 N–H and O–H groups in total. The van der Waals surface area contributed by atoms with E-state index in [1.54, 1.807) is 19.1 Å². The van der Waals surface area contributed by atoms with Crippen molar-refractivity contribution >= 4 is 5.91 Å². The van der Waals surface area contributed by atoms with Gasteiger partial charge in [-0.1, -0.05) is 12.1 Å².